The number of amides is 2. The van der Waals surface area contributed by atoms with Gasteiger partial charge in [-0.3, -0.25) is 9.59 Å². The summed E-state index contributed by atoms with van der Waals surface area (Å²) < 4.78 is 0. The fourth-order valence-electron chi connectivity index (χ4n) is 5.68. The van der Waals surface area contributed by atoms with E-state index in [0.29, 0.717) is 30.2 Å². The van der Waals surface area contributed by atoms with Crippen LogP contribution in [-0.4, -0.2) is 72.8 Å². The van der Waals surface area contributed by atoms with E-state index >= 15 is 0 Å². The molecule has 146 valence electrons. The number of rotatable bonds is 3. The minimum absolute atomic E-state index is 0.229. The molecule has 5 heteroatoms. The molecule has 0 aromatic heterocycles. The summed E-state index contributed by atoms with van der Waals surface area (Å²) in [6.45, 7) is 7.89. The van der Waals surface area contributed by atoms with Gasteiger partial charge in [0.05, 0.1) is 5.41 Å². The van der Waals surface area contributed by atoms with Crippen LogP contribution >= 0.6 is 0 Å². The Kier molecular flexibility index (Phi) is 5.02. The van der Waals surface area contributed by atoms with E-state index in [1.54, 1.807) is 0 Å². The smallest absolute Gasteiger partial charge is 0.230 e. The Morgan fingerprint density at radius 1 is 1.12 bits per heavy atom. The molecule has 3 aliphatic heterocycles. The highest BCUT2D eigenvalue weighted by atomic mass is 16.2. The van der Waals surface area contributed by atoms with Gasteiger partial charge < -0.3 is 14.7 Å². The predicted octanol–water partition coefficient (Wildman–Crippen LogP) is 2.22. The first-order valence-electron chi connectivity index (χ1n) is 10.7. The topological polar surface area (TPSA) is 43.9 Å². The lowest BCUT2D eigenvalue weighted by Crippen LogP contribution is -2.52. The second-order valence-electron chi connectivity index (χ2n) is 9.66. The standard InChI is InChI=1S/C21H35N3O2/c1-16-12-18(13-16)19(25)24-8-3-6-21(15-24)7-11-23(20(21)26)14-17-4-9-22(2)10-5-17/h16-18H,3-15H2,1-2H3/t16?,18?,21-/m0/s1. The van der Waals surface area contributed by atoms with Crippen molar-refractivity contribution in [3.63, 3.8) is 0 Å². The minimum atomic E-state index is -0.269. The van der Waals surface area contributed by atoms with Crippen LogP contribution in [0.25, 0.3) is 0 Å². The molecule has 0 unspecified atom stereocenters. The van der Waals surface area contributed by atoms with Crippen LogP contribution in [0.5, 0.6) is 0 Å². The van der Waals surface area contributed by atoms with Crippen molar-refractivity contribution in [1.82, 2.24) is 14.7 Å². The van der Waals surface area contributed by atoms with Crippen molar-refractivity contribution < 1.29 is 9.59 Å². The maximum absolute atomic E-state index is 13.3. The number of hydrogen-bond donors (Lipinski definition) is 0. The molecule has 0 aromatic rings. The molecule has 3 heterocycles. The van der Waals surface area contributed by atoms with E-state index in [-0.39, 0.29) is 11.3 Å². The lowest BCUT2D eigenvalue weighted by atomic mass is 9.73. The van der Waals surface area contributed by atoms with Crippen LogP contribution in [0.15, 0.2) is 0 Å². The number of likely N-dealkylation sites (tertiary alicyclic amines) is 3. The number of carbonyl (C=O) groups excluding carboxylic acids is 2. The Balaban J connectivity index is 1.36. The van der Waals surface area contributed by atoms with E-state index in [1.165, 1.54) is 12.8 Å². The molecule has 1 aliphatic carbocycles. The van der Waals surface area contributed by atoms with Gasteiger partial charge in [-0.1, -0.05) is 6.92 Å². The Morgan fingerprint density at radius 2 is 1.85 bits per heavy atom. The van der Waals surface area contributed by atoms with Crippen molar-refractivity contribution in [3.05, 3.63) is 0 Å². The van der Waals surface area contributed by atoms with Gasteiger partial charge in [-0.2, -0.15) is 0 Å². The fourth-order valence-corrected chi connectivity index (χ4v) is 5.68. The number of nitrogens with zero attached hydrogens (tertiary/aromatic N) is 3. The minimum Gasteiger partial charge on any atom is -0.342 e. The van der Waals surface area contributed by atoms with Crippen LogP contribution in [0.2, 0.25) is 0 Å². The second kappa shape index (κ2) is 7.14. The van der Waals surface area contributed by atoms with E-state index in [4.69, 9.17) is 0 Å². The Morgan fingerprint density at radius 3 is 2.54 bits per heavy atom. The summed E-state index contributed by atoms with van der Waals surface area (Å²) in [7, 11) is 2.18. The van der Waals surface area contributed by atoms with Gasteiger partial charge >= 0.3 is 0 Å². The monoisotopic (exact) mass is 361 g/mol. The molecular weight excluding hydrogens is 326 g/mol. The van der Waals surface area contributed by atoms with Crippen molar-refractivity contribution >= 4 is 11.8 Å². The Labute approximate surface area is 158 Å². The molecule has 2 amide bonds. The van der Waals surface area contributed by atoms with Crippen LogP contribution < -0.4 is 0 Å². The molecule has 3 saturated heterocycles. The molecule has 4 fully saturated rings. The highest BCUT2D eigenvalue weighted by Crippen LogP contribution is 2.42. The van der Waals surface area contributed by atoms with Crippen molar-refractivity contribution in [3.8, 4) is 0 Å². The van der Waals surface area contributed by atoms with E-state index in [0.717, 1.165) is 64.8 Å². The summed E-state index contributed by atoms with van der Waals surface area (Å²) in [5.41, 5.74) is -0.269. The van der Waals surface area contributed by atoms with Crippen molar-refractivity contribution in [2.75, 3.05) is 46.3 Å². The molecule has 0 aromatic carbocycles. The molecule has 1 saturated carbocycles. The SMILES string of the molecule is CC1CC(C(=O)N2CCC[C@]3(CCN(CC4CCN(C)CC4)C3=O)C2)C1. The molecule has 4 aliphatic rings. The third-order valence-electron chi connectivity index (χ3n) is 7.53. The molecule has 4 rings (SSSR count). The van der Waals surface area contributed by atoms with Gasteiger partial charge in [0.15, 0.2) is 0 Å². The lowest BCUT2D eigenvalue weighted by molar-refractivity contribution is -0.148. The summed E-state index contributed by atoms with van der Waals surface area (Å²) in [6, 6.07) is 0. The first kappa shape index (κ1) is 18.3. The number of carbonyl (C=O) groups is 2. The van der Waals surface area contributed by atoms with Gasteiger partial charge in [-0.05, 0) is 76.9 Å². The third-order valence-corrected chi connectivity index (χ3v) is 7.53. The molecular formula is C21H35N3O2. The quantitative estimate of drug-likeness (QED) is 0.774. The maximum Gasteiger partial charge on any atom is 0.230 e. The van der Waals surface area contributed by atoms with Crippen molar-refractivity contribution in [2.45, 2.75) is 51.9 Å². The molecule has 0 bridgehead atoms. The van der Waals surface area contributed by atoms with Crippen LogP contribution in [0, 0.1) is 23.2 Å². The summed E-state index contributed by atoms with van der Waals surface area (Å²) in [4.78, 5) is 32.6. The summed E-state index contributed by atoms with van der Waals surface area (Å²) in [6.07, 6.45) is 7.40. The van der Waals surface area contributed by atoms with Crippen molar-refractivity contribution in [1.29, 1.82) is 0 Å². The van der Waals surface area contributed by atoms with E-state index in [9.17, 15) is 9.59 Å². The van der Waals surface area contributed by atoms with E-state index in [2.05, 4.69) is 23.8 Å². The average molecular weight is 362 g/mol. The fraction of sp³-hybridized carbons (Fsp3) is 0.905. The van der Waals surface area contributed by atoms with Crippen LogP contribution in [-0.2, 0) is 9.59 Å². The van der Waals surface area contributed by atoms with Crippen molar-refractivity contribution in [2.24, 2.45) is 23.2 Å². The Hall–Kier alpha value is -1.10. The second-order valence-corrected chi connectivity index (χ2v) is 9.66. The molecule has 26 heavy (non-hydrogen) atoms. The van der Waals surface area contributed by atoms with E-state index in [1.807, 2.05) is 4.90 Å². The first-order chi connectivity index (χ1) is 12.5. The molecule has 1 spiro atoms. The van der Waals surface area contributed by atoms with Crippen LogP contribution in [0.3, 0.4) is 0 Å². The molecule has 0 N–H and O–H groups in total. The molecule has 5 nitrogen and oxygen atoms in total. The van der Waals surface area contributed by atoms with E-state index < -0.39 is 0 Å². The third kappa shape index (κ3) is 3.39. The average Bonchev–Trinajstić information content (AvgIpc) is 2.90. The predicted molar refractivity (Wildman–Crippen MR) is 102 cm³/mol. The van der Waals surface area contributed by atoms with Gasteiger partial charge in [0, 0.05) is 32.1 Å². The molecule has 0 radical (unpaired) electrons. The van der Waals surface area contributed by atoms with Crippen LogP contribution in [0.1, 0.15) is 51.9 Å². The van der Waals surface area contributed by atoms with Gasteiger partial charge in [0.25, 0.3) is 0 Å². The number of piperidine rings is 2. The maximum atomic E-state index is 13.3. The zero-order chi connectivity index (χ0) is 18.3. The largest absolute Gasteiger partial charge is 0.342 e. The van der Waals surface area contributed by atoms with Gasteiger partial charge in [0.2, 0.25) is 11.8 Å². The zero-order valence-electron chi connectivity index (χ0n) is 16.6. The lowest BCUT2D eigenvalue weighted by Gasteiger charge is -2.43. The van der Waals surface area contributed by atoms with Gasteiger partial charge in [-0.25, -0.2) is 0 Å². The number of hydrogen-bond acceptors (Lipinski definition) is 3. The Bertz CT molecular complexity index is 551. The highest BCUT2D eigenvalue weighted by molar-refractivity contribution is 5.87. The normalized spacial score (nSPS) is 36.6. The first-order valence-corrected chi connectivity index (χ1v) is 10.7. The van der Waals surface area contributed by atoms with Crippen LogP contribution in [0.4, 0.5) is 0 Å². The van der Waals surface area contributed by atoms with Gasteiger partial charge in [-0.15, -0.1) is 0 Å². The summed E-state index contributed by atoms with van der Waals surface area (Å²) in [5.74, 6) is 2.25. The van der Waals surface area contributed by atoms with Gasteiger partial charge in [0.1, 0.15) is 0 Å². The summed E-state index contributed by atoms with van der Waals surface area (Å²) in [5, 5.41) is 0. The molecule has 1 atom stereocenters. The summed E-state index contributed by atoms with van der Waals surface area (Å²) >= 11 is 0. The highest BCUT2D eigenvalue weighted by Gasteiger charge is 2.50. The zero-order valence-corrected chi connectivity index (χ0v) is 16.6.